The lowest BCUT2D eigenvalue weighted by atomic mass is 10.2. The first-order valence-electron chi connectivity index (χ1n) is 5.85. The number of rotatable bonds is 4. The van der Waals surface area contributed by atoms with Crippen LogP contribution in [0.4, 0.5) is 10.1 Å². The van der Waals surface area contributed by atoms with E-state index in [0.717, 1.165) is 11.6 Å². The molecule has 20 heavy (non-hydrogen) atoms. The van der Waals surface area contributed by atoms with E-state index in [-0.39, 0.29) is 16.3 Å². The molecule has 1 N–H and O–H groups in total. The Labute approximate surface area is 117 Å². The average molecular weight is 295 g/mol. The van der Waals surface area contributed by atoms with Gasteiger partial charge in [0, 0.05) is 6.07 Å². The zero-order chi connectivity index (χ0) is 14.8. The molecule has 2 aromatic carbocycles. The first kappa shape index (κ1) is 14.3. The molecule has 106 valence electrons. The molecule has 0 heterocycles. The van der Waals surface area contributed by atoms with Crippen LogP contribution in [0.15, 0.2) is 47.4 Å². The highest BCUT2D eigenvalue weighted by Gasteiger charge is 2.14. The summed E-state index contributed by atoms with van der Waals surface area (Å²) in [7, 11) is -2.38. The van der Waals surface area contributed by atoms with E-state index in [1.807, 2.05) is 6.92 Å². The van der Waals surface area contributed by atoms with Crippen LogP contribution in [0.3, 0.4) is 0 Å². The van der Waals surface area contributed by atoms with Gasteiger partial charge >= 0.3 is 0 Å². The van der Waals surface area contributed by atoms with Crippen molar-refractivity contribution < 1.29 is 17.5 Å². The maximum absolute atomic E-state index is 13.5. The maximum atomic E-state index is 13.5. The molecule has 4 nitrogen and oxygen atoms in total. The Morgan fingerprint density at radius 3 is 2.30 bits per heavy atom. The number of anilines is 1. The molecule has 0 radical (unpaired) electrons. The summed E-state index contributed by atoms with van der Waals surface area (Å²) in [5.41, 5.74) is 1.10. The number of benzene rings is 2. The van der Waals surface area contributed by atoms with Gasteiger partial charge in [0.05, 0.1) is 17.7 Å². The van der Waals surface area contributed by atoms with Gasteiger partial charge < -0.3 is 4.74 Å². The minimum Gasteiger partial charge on any atom is -0.494 e. The molecular formula is C14H14FNO3S. The SMILES string of the molecule is COc1ccc(NS(=O)(=O)c2ccc(C)cc2)cc1F. The second-order valence-electron chi connectivity index (χ2n) is 4.27. The van der Waals surface area contributed by atoms with Crippen molar-refractivity contribution in [2.24, 2.45) is 0 Å². The molecule has 0 fully saturated rings. The largest absolute Gasteiger partial charge is 0.494 e. The molecule has 2 aromatic rings. The summed E-state index contributed by atoms with van der Waals surface area (Å²) in [6.07, 6.45) is 0. The van der Waals surface area contributed by atoms with E-state index in [0.29, 0.717) is 0 Å². The van der Waals surface area contributed by atoms with Crippen LogP contribution >= 0.6 is 0 Å². The summed E-state index contributed by atoms with van der Waals surface area (Å²) in [6.45, 7) is 1.86. The van der Waals surface area contributed by atoms with Gasteiger partial charge in [-0.3, -0.25) is 4.72 Å². The second-order valence-corrected chi connectivity index (χ2v) is 5.95. The fourth-order valence-electron chi connectivity index (χ4n) is 1.66. The normalized spacial score (nSPS) is 11.2. The summed E-state index contributed by atoms with van der Waals surface area (Å²) in [5.74, 6) is -0.570. The van der Waals surface area contributed by atoms with Crippen molar-refractivity contribution in [3.63, 3.8) is 0 Å². The highest BCUT2D eigenvalue weighted by Crippen LogP contribution is 2.23. The summed E-state index contributed by atoms with van der Waals surface area (Å²) in [5, 5.41) is 0. The summed E-state index contributed by atoms with van der Waals surface area (Å²) < 4.78 is 44.8. The fourth-order valence-corrected chi connectivity index (χ4v) is 2.71. The molecule has 0 bridgehead atoms. The second kappa shape index (κ2) is 5.50. The Morgan fingerprint density at radius 1 is 1.10 bits per heavy atom. The van der Waals surface area contributed by atoms with Crippen LogP contribution in [-0.4, -0.2) is 15.5 Å². The molecule has 0 aliphatic heterocycles. The monoisotopic (exact) mass is 295 g/mol. The van der Waals surface area contributed by atoms with E-state index < -0.39 is 15.8 Å². The maximum Gasteiger partial charge on any atom is 0.261 e. The van der Waals surface area contributed by atoms with Gasteiger partial charge in [-0.15, -0.1) is 0 Å². The van der Waals surface area contributed by atoms with Crippen LogP contribution < -0.4 is 9.46 Å². The van der Waals surface area contributed by atoms with Gasteiger partial charge in [-0.1, -0.05) is 17.7 Å². The van der Waals surface area contributed by atoms with Crippen molar-refractivity contribution in [2.75, 3.05) is 11.8 Å². The molecule has 0 saturated heterocycles. The minimum atomic E-state index is -3.72. The Kier molecular flexibility index (Phi) is 3.94. The molecule has 0 aliphatic carbocycles. The number of sulfonamides is 1. The molecular weight excluding hydrogens is 281 g/mol. The van der Waals surface area contributed by atoms with Crippen molar-refractivity contribution >= 4 is 15.7 Å². The van der Waals surface area contributed by atoms with Crippen molar-refractivity contribution in [1.82, 2.24) is 0 Å². The van der Waals surface area contributed by atoms with E-state index in [1.165, 1.54) is 31.4 Å². The van der Waals surface area contributed by atoms with Gasteiger partial charge in [0.1, 0.15) is 0 Å². The molecule has 0 saturated carbocycles. The Balaban J connectivity index is 2.28. The van der Waals surface area contributed by atoms with Crippen LogP contribution in [0.25, 0.3) is 0 Å². The first-order valence-corrected chi connectivity index (χ1v) is 7.34. The Hall–Kier alpha value is -2.08. The predicted molar refractivity (Wildman–Crippen MR) is 74.9 cm³/mol. The van der Waals surface area contributed by atoms with Gasteiger partial charge in [-0.05, 0) is 31.2 Å². The topological polar surface area (TPSA) is 55.4 Å². The fraction of sp³-hybridized carbons (Fsp3) is 0.143. The Bertz CT molecular complexity index is 712. The van der Waals surface area contributed by atoms with E-state index >= 15 is 0 Å². The highest BCUT2D eigenvalue weighted by molar-refractivity contribution is 7.92. The number of aryl methyl sites for hydroxylation is 1. The van der Waals surface area contributed by atoms with Crippen LogP contribution in [0, 0.1) is 12.7 Å². The van der Waals surface area contributed by atoms with E-state index in [1.54, 1.807) is 12.1 Å². The van der Waals surface area contributed by atoms with Gasteiger partial charge in [-0.25, -0.2) is 12.8 Å². The number of methoxy groups -OCH3 is 1. The van der Waals surface area contributed by atoms with Crippen LogP contribution in [0.5, 0.6) is 5.75 Å². The molecule has 6 heteroatoms. The predicted octanol–water partition coefficient (Wildman–Crippen LogP) is 2.94. The lowest BCUT2D eigenvalue weighted by Crippen LogP contribution is -2.13. The van der Waals surface area contributed by atoms with Crippen LogP contribution in [0.2, 0.25) is 0 Å². The number of ether oxygens (including phenoxy) is 1. The standard InChI is InChI=1S/C14H14FNO3S/c1-10-3-6-12(7-4-10)20(17,18)16-11-5-8-14(19-2)13(15)9-11/h3-9,16H,1-2H3. The number of nitrogens with one attached hydrogen (secondary N) is 1. The quantitative estimate of drug-likeness (QED) is 0.943. The minimum absolute atomic E-state index is 0.0586. The van der Waals surface area contributed by atoms with E-state index in [2.05, 4.69) is 4.72 Å². The molecule has 0 unspecified atom stereocenters. The molecule has 0 atom stereocenters. The third-order valence-corrected chi connectivity index (χ3v) is 4.13. The van der Waals surface area contributed by atoms with Gasteiger partial charge in [0.2, 0.25) is 0 Å². The number of hydrogen-bond acceptors (Lipinski definition) is 3. The van der Waals surface area contributed by atoms with Crippen molar-refractivity contribution in [1.29, 1.82) is 0 Å². The Morgan fingerprint density at radius 2 is 1.75 bits per heavy atom. The molecule has 0 amide bonds. The lowest BCUT2D eigenvalue weighted by molar-refractivity contribution is 0.386. The number of hydrogen-bond donors (Lipinski definition) is 1. The summed E-state index contributed by atoms with van der Waals surface area (Å²) in [6, 6.07) is 10.3. The van der Waals surface area contributed by atoms with Crippen molar-refractivity contribution in [2.45, 2.75) is 11.8 Å². The third-order valence-electron chi connectivity index (χ3n) is 2.74. The zero-order valence-electron chi connectivity index (χ0n) is 11.1. The number of halogens is 1. The molecule has 0 aromatic heterocycles. The van der Waals surface area contributed by atoms with Gasteiger partial charge in [-0.2, -0.15) is 0 Å². The summed E-state index contributed by atoms with van der Waals surface area (Å²) >= 11 is 0. The average Bonchev–Trinajstić information content (AvgIpc) is 2.39. The van der Waals surface area contributed by atoms with Gasteiger partial charge in [0.25, 0.3) is 10.0 Å². The molecule has 0 aliphatic rings. The van der Waals surface area contributed by atoms with E-state index in [9.17, 15) is 12.8 Å². The summed E-state index contributed by atoms with van der Waals surface area (Å²) in [4.78, 5) is 0.124. The lowest BCUT2D eigenvalue weighted by Gasteiger charge is -2.09. The first-order chi connectivity index (χ1) is 9.42. The molecule has 0 spiro atoms. The third kappa shape index (κ3) is 3.08. The van der Waals surface area contributed by atoms with Gasteiger partial charge in [0.15, 0.2) is 11.6 Å². The van der Waals surface area contributed by atoms with E-state index in [4.69, 9.17) is 4.74 Å². The van der Waals surface area contributed by atoms with Crippen LogP contribution in [0.1, 0.15) is 5.56 Å². The van der Waals surface area contributed by atoms with Crippen molar-refractivity contribution in [3.8, 4) is 5.75 Å². The smallest absolute Gasteiger partial charge is 0.261 e. The van der Waals surface area contributed by atoms with Crippen LogP contribution in [-0.2, 0) is 10.0 Å². The molecule has 2 rings (SSSR count). The zero-order valence-corrected chi connectivity index (χ0v) is 11.9. The van der Waals surface area contributed by atoms with Crippen molar-refractivity contribution in [3.05, 3.63) is 53.8 Å². The highest BCUT2D eigenvalue weighted by atomic mass is 32.2.